The van der Waals surface area contributed by atoms with Crippen molar-refractivity contribution in [3.63, 3.8) is 0 Å². The largest absolute Gasteiger partial charge is 0.338 e. The highest BCUT2D eigenvalue weighted by molar-refractivity contribution is 9.10. The topological polar surface area (TPSA) is 41.1 Å². The summed E-state index contributed by atoms with van der Waals surface area (Å²) in [6.07, 6.45) is 3.34. The lowest BCUT2D eigenvalue weighted by Gasteiger charge is -2.09. The Kier molecular flexibility index (Phi) is 6.05. The van der Waals surface area contributed by atoms with Gasteiger partial charge in [0.1, 0.15) is 0 Å². The number of nitrogens with one attached hydrogen (secondary N) is 2. The van der Waals surface area contributed by atoms with Crippen molar-refractivity contribution >= 4 is 27.6 Å². The molecule has 0 radical (unpaired) electrons. The molecule has 0 spiro atoms. The Morgan fingerprint density at radius 3 is 2.76 bits per heavy atom. The summed E-state index contributed by atoms with van der Waals surface area (Å²) in [7, 11) is 0. The van der Waals surface area contributed by atoms with Crippen LogP contribution < -0.4 is 10.6 Å². The molecule has 0 saturated heterocycles. The van der Waals surface area contributed by atoms with Crippen molar-refractivity contribution in [2.45, 2.75) is 33.1 Å². The molecule has 0 aliphatic rings. The van der Waals surface area contributed by atoms with E-state index in [1.165, 1.54) is 0 Å². The maximum atomic E-state index is 11.6. The molecule has 1 aromatic rings. The molecule has 0 saturated carbocycles. The second-order valence-electron chi connectivity index (χ2n) is 4.05. The van der Waals surface area contributed by atoms with Crippen molar-refractivity contribution in [3.8, 4) is 0 Å². The number of carbonyl (C=O) groups excluding carboxylic acids is 1. The number of urea groups is 1. The number of amides is 2. The quantitative estimate of drug-likeness (QED) is 0.791. The van der Waals surface area contributed by atoms with Crippen molar-refractivity contribution in [1.29, 1.82) is 0 Å². The average Bonchev–Trinajstić information content (AvgIpc) is 2.28. The van der Waals surface area contributed by atoms with Gasteiger partial charge in [0, 0.05) is 16.7 Å². The molecule has 4 heteroatoms. The van der Waals surface area contributed by atoms with Gasteiger partial charge in [-0.1, -0.05) is 35.7 Å². The number of anilines is 1. The predicted molar refractivity (Wildman–Crippen MR) is 75.4 cm³/mol. The molecule has 0 fully saturated rings. The Labute approximate surface area is 111 Å². The SMILES string of the molecule is CCCCCNC(=O)Nc1ccc(Br)cc1C. The van der Waals surface area contributed by atoms with Crippen LogP contribution in [0.1, 0.15) is 31.7 Å². The summed E-state index contributed by atoms with van der Waals surface area (Å²) in [4.78, 5) is 11.6. The fourth-order valence-electron chi connectivity index (χ4n) is 1.51. The number of unbranched alkanes of at least 4 members (excludes halogenated alkanes) is 2. The number of hydrogen-bond donors (Lipinski definition) is 2. The maximum absolute atomic E-state index is 11.6. The van der Waals surface area contributed by atoms with Gasteiger partial charge in [0.2, 0.25) is 0 Å². The normalized spacial score (nSPS) is 10.1. The third kappa shape index (κ3) is 5.22. The number of halogens is 1. The Morgan fingerprint density at radius 1 is 1.35 bits per heavy atom. The molecule has 0 aliphatic heterocycles. The van der Waals surface area contributed by atoms with Crippen LogP contribution in [0.25, 0.3) is 0 Å². The van der Waals surface area contributed by atoms with Crippen LogP contribution in [0.4, 0.5) is 10.5 Å². The first-order valence-corrected chi connectivity index (χ1v) is 6.73. The molecular weight excluding hydrogens is 280 g/mol. The Morgan fingerprint density at radius 2 is 2.12 bits per heavy atom. The highest BCUT2D eigenvalue weighted by atomic mass is 79.9. The number of carbonyl (C=O) groups is 1. The molecule has 3 nitrogen and oxygen atoms in total. The Hall–Kier alpha value is -1.03. The van der Waals surface area contributed by atoms with Crippen molar-refractivity contribution in [1.82, 2.24) is 5.32 Å². The van der Waals surface area contributed by atoms with Gasteiger partial charge in [-0.3, -0.25) is 0 Å². The molecule has 0 unspecified atom stereocenters. The highest BCUT2D eigenvalue weighted by Crippen LogP contribution is 2.19. The van der Waals surface area contributed by atoms with E-state index in [1.54, 1.807) is 0 Å². The standard InChI is InChI=1S/C13H19BrN2O/c1-3-4-5-8-15-13(17)16-12-7-6-11(14)9-10(12)2/h6-7,9H,3-5,8H2,1-2H3,(H2,15,16,17). The molecular formula is C13H19BrN2O. The van der Waals surface area contributed by atoms with Gasteiger partial charge in [-0.05, 0) is 37.1 Å². The lowest BCUT2D eigenvalue weighted by molar-refractivity contribution is 0.252. The van der Waals surface area contributed by atoms with Crippen LogP contribution in [-0.2, 0) is 0 Å². The third-order valence-corrected chi connectivity index (χ3v) is 3.00. The van der Waals surface area contributed by atoms with Crippen LogP contribution in [0.2, 0.25) is 0 Å². The highest BCUT2D eigenvalue weighted by Gasteiger charge is 2.03. The fraction of sp³-hybridized carbons (Fsp3) is 0.462. The van der Waals surface area contributed by atoms with Crippen molar-refractivity contribution < 1.29 is 4.79 Å². The van der Waals surface area contributed by atoms with E-state index in [0.717, 1.165) is 41.5 Å². The van der Waals surface area contributed by atoms with E-state index in [9.17, 15) is 4.79 Å². The molecule has 0 aromatic heterocycles. The summed E-state index contributed by atoms with van der Waals surface area (Å²) in [5.74, 6) is 0. The van der Waals surface area contributed by atoms with E-state index in [1.807, 2.05) is 25.1 Å². The second kappa shape index (κ2) is 7.33. The van der Waals surface area contributed by atoms with Gasteiger partial charge in [0.25, 0.3) is 0 Å². The van der Waals surface area contributed by atoms with Crippen LogP contribution in [-0.4, -0.2) is 12.6 Å². The Balaban J connectivity index is 2.40. The molecule has 0 aliphatic carbocycles. The molecule has 0 heterocycles. The minimum Gasteiger partial charge on any atom is -0.338 e. The molecule has 2 N–H and O–H groups in total. The average molecular weight is 299 g/mol. The van der Waals surface area contributed by atoms with E-state index in [-0.39, 0.29) is 6.03 Å². The zero-order chi connectivity index (χ0) is 12.7. The lowest BCUT2D eigenvalue weighted by atomic mass is 10.2. The van der Waals surface area contributed by atoms with E-state index < -0.39 is 0 Å². The van der Waals surface area contributed by atoms with Crippen molar-refractivity contribution in [2.24, 2.45) is 0 Å². The minimum atomic E-state index is -0.133. The van der Waals surface area contributed by atoms with Crippen LogP contribution >= 0.6 is 15.9 Å². The first kappa shape index (κ1) is 14.0. The van der Waals surface area contributed by atoms with Gasteiger partial charge in [0.05, 0.1) is 0 Å². The van der Waals surface area contributed by atoms with Gasteiger partial charge in [0.15, 0.2) is 0 Å². The summed E-state index contributed by atoms with van der Waals surface area (Å²) in [5.41, 5.74) is 1.89. The molecule has 0 atom stereocenters. The third-order valence-electron chi connectivity index (χ3n) is 2.50. The number of aryl methyl sites for hydroxylation is 1. The van der Waals surface area contributed by atoms with Gasteiger partial charge in [-0.2, -0.15) is 0 Å². The first-order chi connectivity index (χ1) is 8.13. The summed E-state index contributed by atoms with van der Waals surface area (Å²) in [6.45, 7) is 4.85. The first-order valence-electron chi connectivity index (χ1n) is 5.94. The van der Waals surface area contributed by atoms with Crippen LogP contribution in [0.15, 0.2) is 22.7 Å². The zero-order valence-corrected chi connectivity index (χ0v) is 11.9. The molecule has 0 bridgehead atoms. The molecule has 17 heavy (non-hydrogen) atoms. The lowest BCUT2D eigenvalue weighted by Crippen LogP contribution is -2.29. The summed E-state index contributed by atoms with van der Waals surface area (Å²) < 4.78 is 1.02. The van der Waals surface area contributed by atoms with Crippen LogP contribution in [0, 0.1) is 6.92 Å². The summed E-state index contributed by atoms with van der Waals surface area (Å²) in [6, 6.07) is 5.66. The van der Waals surface area contributed by atoms with E-state index in [0.29, 0.717) is 0 Å². The van der Waals surface area contributed by atoms with Gasteiger partial charge < -0.3 is 10.6 Å². The van der Waals surface area contributed by atoms with Crippen LogP contribution in [0.3, 0.4) is 0 Å². The molecule has 1 aromatic carbocycles. The molecule has 2 amide bonds. The Bertz CT molecular complexity index is 380. The van der Waals surface area contributed by atoms with Crippen molar-refractivity contribution in [2.75, 3.05) is 11.9 Å². The molecule has 1 rings (SSSR count). The number of benzene rings is 1. The van der Waals surface area contributed by atoms with Gasteiger partial charge in [-0.15, -0.1) is 0 Å². The van der Waals surface area contributed by atoms with Crippen molar-refractivity contribution in [3.05, 3.63) is 28.2 Å². The maximum Gasteiger partial charge on any atom is 0.319 e. The number of rotatable bonds is 5. The smallest absolute Gasteiger partial charge is 0.319 e. The summed E-state index contributed by atoms with van der Waals surface area (Å²) >= 11 is 3.39. The minimum absolute atomic E-state index is 0.133. The van der Waals surface area contributed by atoms with Gasteiger partial charge in [-0.25, -0.2) is 4.79 Å². The second-order valence-corrected chi connectivity index (χ2v) is 4.96. The summed E-state index contributed by atoms with van der Waals surface area (Å²) in [5, 5.41) is 5.69. The zero-order valence-electron chi connectivity index (χ0n) is 10.3. The van der Waals surface area contributed by atoms with Crippen LogP contribution in [0.5, 0.6) is 0 Å². The predicted octanol–water partition coefficient (Wildman–Crippen LogP) is 4.07. The molecule has 94 valence electrons. The van der Waals surface area contributed by atoms with E-state index in [2.05, 4.69) is 33.5 Å². The van der Waals surface area contributed by atoms with E-state index >= 15 is 0 Å². The number of hydrogen-bond acceptors (Lipinski definition) is 1. The fourth-order valence-corrected chi connectivity index (χ4v) is 1.99. The van der Waals surface area contributed by atoms with Gasteiger partial charge >= 0.3 is 6.03 Å². The van der Waals surface area contributed by atoms with E-state index in [4.69, 9.17) is 0 Å². The monoisotopic (exact) mass is 298 g/mol.